The third-order valence-electron chi connectivity index (χ3n) is 5.10. The van der Waals surface area contributed by atoms with Crippen LogP contribution in [0.15, 0.2) is 48.5 Å². The molecule has 2 heterocycles. The fourth-order valence-corrected chi connectivity index (χ4v) is 3.71. The number of benzene rings is 2. The molecule has 2 unspecified atom stereocenters. The third kappa shape index (κ3) is 2.86. The second kappa shape index (κ2) is 6.23. The molecule has 2 saturated heterocycles. The van der Waals surface area contributed by atoms with Crippen LogP contribution in [0.2, 0.25) is 0 Å². The summed E-state index contributed by atoms with van der Waals surface area (Å²) in [5, 5.41) is 15.6. The van der Waals surface area contributed by atoms with Crippen LogP contribution in [0, 0.1) is 11.3 Å². The predicted octanol–water partition coefficient (Wildman–Crippen LogP) is 3.03. The van der Waals surface area contributed by atoms with E-state index < -0.39 is 0 Å². The summed E-state index contributed by atoms with van der Waals surface area (Å²) in [5.74, 6) is 1.37. The molecule has 2 aromatic rings. The van der Waals surface area contributed by atoms with Gasteiger partial charge in [0.05, 0.1) is 5.56 Å². The zero-order chi connectivity index (χ0) is 17.3. The summed E-state index contributed by atoms with van der Waals surface area (Å²) in [7, 11) is 0. The zero-order valence-corrected chi connectivity index (χ0v) is 13.8. The summed E-state index contributed by atoms with van der Waals surface area (Å²) in [6.07, 6.45) is 2.68. The maximum atomic E-state index is 12.1. The highest BCUT2D eigenvalue weighted by Gasteiger charge is 2.47. The molecule has 5 heteroatoms. The van der Waals surface area contributed by atoms with Gasteiger partial charge in [0, 0.05) is 12.6 Å². The predicted molar refractivity (Wildman–Crippen MR) is 93.1 cm³/mol. The Bertz CT molecular complexity index is 841. The molecule has 4 rings (SSSR count). The molecule has 1 spiro atoms. The normalized spacial score (nSPS) is 24.9. The van der Waals surface area contributed by atoms with Crippen molar-refractivity contribution in [1.29, 1.82) is 5.26 Å². The molecule has 2 N–H and O–H groups in total. The topological polar surface area (TPSA) is 74.1 Å². The van der Waals surface area contributed by atoms with Crippen LogP contribution in [0.3, 0.4) is 0 Å². The molecule has 2 aromatic carbocycles. The number of hydrogen-bond donors (Lipinski definition) is 2. The molecule has 2 aliphatic rings. The molecule has 0 aliphatic carbocycles. The van der Waals surface area contributed by atoms with Crippen LogP contribution in [0.1, 0.15) is 36.4 Å². The number of carbonyl (C=O) groups excluding carboxylic acids is 1. The van der Waals surface area contributed by atoms with E-state index in [-0.39, 0.29) is 17.5 Å². The molecular formula is C20H19N3O2. The van der Waals surface area contributed by atoms with E-state index in [2.05, 4.69) is 16.7 Å². The monoisotopic (exact) mass is 333 g/mol. The largest absolute Gasteiger partial charge is 0.456 e. The Labute approximate surface area is 146 Å². The van der Waals surface area contributed by atoms with Crippen LogP contribution in [0.25, 0.3) is 0 Å². The van der Waals surface area contributed by atoms with Crippen molar-refractivity contribution in [2.75, 3.05) is 6.54 Å². The minimum atomic E-state index is -0.383. The van der Waals surface area contributed by atoms with E-state index in [9.17, 15) is 4.79 Å². The van der Waals surface area contributed by atoms with E-state index in [1.54, 1.807) is 12.1 Å². The number of hydrogen-bond acceptors (Lipinski definition) is 4. The van der Waals surface area contributed by atoms with Gasteiger partial charge in [-0.2, -0.15) is 5.26 Å². The SMILES string of the molecule is N#Cc1ccccc1Oc1ccc(C2CCC3(CCNC3=O)N2)cc1. The van der Waals surface area contributed by atoms with Gasteiger partial charge in [0.25, 0.3) is 0 Å². The second-order valence-corrected chi connectivity index (χ2v) is 6.60. The van der Waals surface area contributed by atoms with Gasteiger partial charge in [-0.3, -0.25) is 10.1 Å². The molecule has 1 amide bonds. The van der Waals surface area contributed by atoms with Crippen LogP contribution in [0.4, 0.5) is 0 Å². The average molecular weight is 333 g/mol. The molecule has 0 aromatic heterocycles. The number of rotatable bonds is 3. The lowest BCUT2D eigenvalue weighted by molar-refractivity contribution is -0.124. The zero-order valence-electron chi connectivity index (χ0n) is 13.8. The highest BCUT2D eigenvalue weighted by molar-refractivity contribution is 5.88. The van der Waals surface area contributed by atoms with Crippen LogP contribution in [-0.4, -0.2) is 18.0 Å². The van der Waals surface area contributed by atoms with Gasteiger partial charge in [-0.25, -0.2) is 0 Å². The van der Waals surface area contributed by atoms with E-state index in [1.807, 2.05) is 36.4 Å². The lowest BCUT2D eigenvalue weighted by Crippen LogP contribution is -2.47. The first kappa shape index (κ1) is 15.7. The molecule has 0 saturated carbocycles. The highest BCUT2D eigenvalue weighted by atomic mass is 16.5. The summed E-state index contributed by atoms with van der Waals surface area (Å²) >= 11 is 0. The van der Waals surface area contributed by atoms with E-state index in [0.29, 0.717) is 17.1 Å². The summed E-state index contributed by atoms with van der Waals surface area (Å²) in [6.45, 7) is 0.754. The maximum absolute atomic E-state index is 12.1. The van der Waals surface area contributed by atoms with Crippen molar-refractivity contribution >= 4 is 5.91 Å². The van der Waals surface area contributed by atoms with Gasteiger partial charge in [-0.05, 0) is 49.1 Å². The average Bonchev–Trinajstić information content (AvgIpc) is 3.23. The molecule has 0 radical (unpaired) electrons. The Morgan fingerprint density at radius 1 is 1.12 bits per heavy atom. The highest BCUT2D eigenvalue weighted by Crippen LogP contribution is 2.37. The molecule has 2 aliphatic heterocycles. The van der Waals surface area contributed by atoms with Gasteiger partial charge in [-0.15, -0.1) is 0 Å². The van der Waals surface area contributed by atoms with Crippen molar-refractivity contribution in [2.45, 2.75) is 30.8 Å². The first-order chi connectivity index (χ1) is 12.2. The summed E-state index contributed by atoms with van der Waals surface area (Å²) in [6, 6.07) is 17.4. The lowest BCUT2D eigenvalue weighted by atomic mass is 9.96. The summed E-state index contributed by atoms with van der Waals surface area (Å²) in [5.41, 5.74) is 1.28. The molecular weight excluding hydrogens is 314 g/mol. The molecule has 2 fully saturated rings. The van der Waals surface area contributed by atoms with Gasteiger partial charge >= 0.3 is 0 Å². The molecule has 2 atom stereocenters. The van der Waals surface area contributed by atoms with Crippen molar-refractivity contribution in [3.05, 3.63) is 59.7 Å². The van der Waals surface area contributed by atoms with Crippen molar-refractivity contribution in [3.63, 3.8) is 0 Å². The number of nitriles is 1. The minimum Gasteiger partial charge on any atom is -0.456 e. The van der Waals surface area contributed by atoms with Gasteiger partial charge in [0.1, 0.15) is 23.1 Å². The van der Waals surface area contributed by atoms with Crippen molar-refractivity contribution < 1.29 is 9.53 Å². The fraction of sp³-hybridized carbons (Fsp3) is 0.300. The van der Waals surface area contributed by atoms with Crippen LogP contribution >= 0.6 is 0 Å². The Kier molecular flexibility index (Phi) is 3.90. The van der Waals surface area contributed by atoms with Gasteiger partial charge < -0.3 is 10.1 Å². The minimum absolute atomic E-state index is 0.128. The van der Waals surface area contributed by atoms with Gasteiger partial charge in [-0.1, -0.05) is 24.3 Å². The van der Waals surface area contributed by atoms with E-state index in [4.69, 9.17) is 10.00 Å². The molecule has 25 heavy (non-hydrogen) atoms. The van der Waals surface area contributed by atoms with E-state index in [1.165, 1.54) is 0 Å². The van der Waals surface area contributed by atoms with E-state index in [0.717, 1.165) is 31.4 Å². The number of para-hydroxylation sites is 1. The van der Waals surface area contributed by atoms with Gasteiger partial charge in [0.2, 0.25) is 5.91 Å². The van der Waals surface area contributed by atoms with Crippen LogP contribution in [0.5, 0.6) is 11.5 Å². The number of nitrogens with zero attached hydrogens (tertiary/aromatic N) is 1. The first-order valence-electron chi connectivity index (χ1n) is 8.53. The van der Waals surface area contributed by atoms with E-state index >= 15 is 0 Å². The second-order valence-electron chi connectivity index (χ2n) is 6.60. The summed E-state index contributed by atoms with van der Waals surface area (Å²) < 4.78 is 5.82. The Balaban J connectivity index is 1.48. The quantitative estimate of drug-likeness (QED) is 0.905. The van der Waals surface area contributed by atoms with Crippen molar-refractivity contribution in [1.82, 2.24) is 10.6 Å². The van der Waals surface area contributed by atoms with Gasteiger partial charge in [0.15, 0.2) is 0 Å². The number of carbonyl (C=O) groups is 1. The molecule has 126 valence electrons. The van der Waals surface area contributed by atoms with Crippen molar-refractivity contribution in [2.24, 2.45) is 0 Å². The molecule has 0 bridgehead atoms. The molecule has 5 nitrogen and oxygen atoms in total. The summed E-state index contributed by atoms with van der Waals surface area (Å²) in [4.78, 5) is 12.1. The smallest absolute Gasteiger partial charge is 0.240 e. The van der Waals surface area contributed by atoms with Crippen LogP contribution in [-0.2, 0) is 4.79 Å². The van der Waals surface area contributed by atoms with Crippen LogP contribution < -0.4 is 15.4 Å². The standard InChI is InChI=1S/C20H19N3O2/c21-13-15-3-1-2-4-18(15)25-16-7-5-14(6-8-16)17-9-10-20(23-17)11-12-22-19(20)24/h1-8,17,23H,9-12H2,(H,22,24). The number of ether oxygens (including phenoxy) is 1. The third-order valence-corrected chi connectivity index (χ3v) is 5.10. The maximum Gasteiger partial charge on any atom is 0.240 e. The van der Waals surface area contributed by atoms with Crippen molar-refractivity contribution in [3.8, 4) is 17.6 Å². The Morgan fingerprint density at radius 2 is 1.92 bits per heavy atom. The number of amides is 1. The Morgan fingerprint density at radius 3 is 2.64 bits per heavy atom. The Hall–Kier alpha value is -2.84. The fourth-order valence-electron chi connectivity index (χ4n) is 3.71. The number of nitrogens with one attached hydrogen (secondary N) is 2. The first-order valence-corrected chi connectivity index (χ1v) is 8.53. The lowest BCUT2D eigenvalue weighted by Gasteiger charge is -2.22.